The van der Waals surface area contributed by atoms with Gasteiger partial charge in [-0.15, -0.1) is 0 Å². The Balaban J connectivity index is 2.28. The minimum Gasteiger partial charge on any atom is -0.481 e. The van der Waals surface area contributed by atoms with E-state index in [0.717, 1.165) is 32.5 Å². The van der Waals surface area contributed by atoms with Gasteiger partial charge in [0.05, 0.1) is 12.5 Å². The smallest absolute Gasteiger partial charge is 0.306 e. The summed E-state index contributed by atoms with van der Waals surface area (Å²) in [5.74, 6) is -0.938. The van der Waals surface area contributed by atoms with E-state index < -0.39 is 12.1 Å². The van der Waals surface area contributed by atoms with Crippen LogP contribution in [0.2, 0.25) is 0 Å². The first-order valence-electron chi connectivity index (χ1n) is 6.35. The molecular formula is C12H24N2O3. The van der Waals surface area contributed by atoms with Crippen molar-refractivity contribution >= 4 is 5.97 Å². The van der Waals surface area contributed by atoms with E-state index in [1.165, 1.54) is 0 Å². The van der Waals surface area contributed by atoms with Crippen molar-refractivity contribution in [3.8, 4) is 0 Å². The molecule has 1 saturated heterocycles. The number of aliphatic hydroxyl groups excluding tert-OH is 1. The Morgan fingerprint density at radius 2 is 2.06 bits per heavy atom. The van der Waals surface area contributed by atoms with Crippen LogP contribution < -0.4 is 0 Å². The van der Waals surface area contributed by atoms with Crippen molar-refractivity contribution in [3.05, 3.63) is 0 Å². The lowest BCUT2D eigenvalue weighted by atomic mass is 10.0. The highest BCUT2D eigenvalue weighted by Crippen LogP contribution is 2.15. The van der Waals surface area contributed by atoms with Crippen LogP contribution in [-0.4, -0.2) is 71.4 Å². The molecule has 0 spiro atoms. The van der Waals surface area contributed by atoms with E-state index in [0.29, 0.717) is 12.6 Å². The average molecular weight is 244 g/mol. The van der Waals surface area contributed by atoms with E-state index in [-0.39, 0.29) is 6.42 Å². The molecule has 1 aliphatic heterocycles. The predicted molar refractivity (Wildman–Crippen MR) is 66.0 cm³/mol. The lowest BCUT2D eigenvalue weighted by molar-refractivity contribution is -0.139. The van der Waals surface area contributed by atoms with Gasteiger partial charge in [0.15, 0.2) is 0 Å². The number of carboxylic acids is 1. The first-order chi connectivity index (χ1) is 8.02. The number of nitrogens with zero attached hydrogens (tertiary/aromatic N) is 2. The molecule has 0 radical (unpaired) electrons. The largest absolute Gasteiger partial charge is 0.481 e. The fraction of sp³-hybridized carbons (Fsp3) is 0.917. The molecule has 0 aromatic heterocycles. The third-order valence-corrected chi connectivity index (χ3v) is 3.54. The first-order valence-corrected chi connectivity index (χ1v) is 6.35. The van der Waals surface area contributed by atoms with Crippen molar-refractivity contribution in [2.75, 3.05) is 33.2 Å². The average Bonchev–Trinajstić information content (AvgIpc) is 2.28. The van der Waals surface area contributed by atoms with Gasteiger partial charge in [0.1, 0.15) is 0 Å². The number of carboxylic acid groups (broad SMARTS) is 1. The summed E-state index contributed by atoms with van der Waals surface area (Å²) in [4.78, 5) is 15.0. The zero-order valence-corrected chi connectivity index (χ0v) is 10.8. The summed E-state index contributed by atoms with van der Waals surface area (Å²) in [6.07, 6.45) is 1.27. The van der Waals surface area contributed by atoms with Crippen LogP contribution >= 0.6 is 0 Å². The fourth-order valence-electron chi connectivity index (χ4n) is 2.42. The van der Waals surface area contributed by atoms with Gasteiger partial charge in [-0.25, -0.2) is 0 Å². The van der Waals surface area contributed by atoms with Gasteiger partial charge in [-0.1, -0.05) is 6.92 Å². The monoisotopic (exact) mass is 244 g/mol. The molecule has 1 rings (SSSR count). The number of hydrogen-bond donors (Lipinski definition) is 2. The van der Waals surface area contributed by atoms with Crippen molar-refractivity contribution in [2.45, 2.75) is 38.3 Å². The maximum absolute atomic E-state index is 10.5. The van der Waals surface area contributed by atoms with E-state index in [2.05, 4.69) is 16.7 Å². The van der Waals surface area contributed by atoms with E-state index in [9.17, 15) is 9.90 Å². The van der Waals surface area contributed by atoms with Gasteiger partial charge in [-0.3, -0.25) is 4.79 Å². The summed E-state index contributed by atoms with van der Waals surface area (Å²) in [5, 5.41) is 18.2. The molecule has 0 aromatic rings. The molecule has 0 aromatic carbocycles. The zero-order valence-electron chi connectivity index (χ0n) is 10.8. The lowest BCUT2D eigenvalue weighted by Gasteiger charge is -2.36. The highest BCUT2D eigenvalue weighted by atomic mass is 16.4. The van der Waals surface area contributed by atoms with E-state index in [4.69, 9.17) is 5.11 Å². The quantitative estimate of drug-likeness (QED) is 0.700. The Morgan fingerprint density at radius 3 is 2.53 bits per heavy atom. The van der Waals surface area contributed by atoms with Gasteiger partial charge in [0.2, 0.25) is 0 Å². The Hall–Kier alpha value is -0.650. The van der Waals surface area contributed by atoms with Crippen LogP contribution in [-0.2, 0) is 4.79 Å². The lowest BCUT2D eigenvalue weighted by Crippen LogP contribution is -2.45. The van der Waals surface area contributed by atoms with Crippen LogP contribution in [0.25, 0.3) is 0 Å². The molecule has 0 bridgehead atoms. The number of likely N-dealkylation sites (tertiary alicyclic amines) is 1. The second-order valence-corrected chi connectivity index (χ2v) is 4.86. The van der Waals surface area contributed by atoms with Gasteiger partial charge in [0, 0.05) is 12.6 Å². The third-order valence-electron chi connectivity index (χ3n) is 3.54. The van der Waals surface area contributed by atoms with Crippen molar-refractivity contribution in [1.82, 2.24) is 9.80 Å². The number of piperidine rings is 1. The van der Waals surface area contributed by atoms with Gasteiger partial charge < -0.3 is 20.0 Å². The molecule has 1 fully saturated rings. The Morgan fingerprint density at radius 1 is 1.47 bits per heavy atom. The zero-order chi connectivity index (χ0) is 12.8. The summed E-state index contributed by atoms with van der Waals surface area (Å²) in [5.41, 5.74) is 0. The van der Waals surface area contributed by atoms with Gasteiger partial charge in [0.25, 0.3) is 0 Å². The maximum atomic E-state index is 10.5. The van der Waals surface area contributed by atoms with Gasteiger partial charge in [-0.05, 0) is 39.5 Å². The number of carbonyl (C=O) groups is 1. The molecule has 5 nitrogen and oxygen atoms in total. The van der Waals surface area contributed by atoms with Crippen LogP contribution in [0.3, 0.4) is 0 Å². The first kappa shape index (κ1) is 14.4. The molecule has 100 valence electrons. The minimum atomic E-state index is -0.938. The van der Waals surface area contributed by atoms with Crippen molar-refractivity contribution in [3.63, 3.8) is 0 Å². The molecule has 0 aliphatic carbocycles. The van der Waals surface area contributed by atoms with E-state index >= 15 is 0 Å². The van der Waals surface area contributed by atoms with Crippen LogP contribution in [0.4, 0.5) is 0 Å². The second-order valence-electron chi connectivity index (χ2n) is 4.86. The summed E-state index contributed by atoms with van der Waals surface area (Å²) < 4.78 is 0. The number of aliphatic carboxylic acids is 1. The second kappa shape index (κ2) is 6.93. The van der Waals surface area contributed by atoms with Crippen molar-refractivity contribution < 1.29 is 15.0 Å². The number of likely N-dealkylation sites (N-methyl/N-ethyl adjacent to an activating group) is 1. The van der Waals surface area contributed by atoms with Gasteiger partial charge >= 0.3 is 5.97 Å². The maximum Gasteiger partial charge on any atom is 0.306 e. The van der Waals surface area contributed by atoms with Crippen molar-refractivity contribution in [2.24, 2.45) is 0 Å². The van der Waals surface area contributed by atoms with Gasteiger partial charge in [-0.2, -0.15) is 0 Å². The molecular weight excluding hydrogens is 220 g/mol. The summed E-state index contributed by atoms with van der Waals surface area (Å²) in [7, 11) is 1.97. The molecule has 2 N–H and O–H groups in total. The molecule has 1 heterocycles. The van der Waals surface area contributed by atoms with Crippen LogP contribution in [0, 0.1) is 0 Å². The van der Waals surface area contributed by atoms with Crippen molar-refractivity contribution in [1.29, 1.82) is 0 Å². The molecule has 0 amide bonds. The molecule has 17 heavy (non-hydrogen) atoms. The number of rotatable bonds is 6. The molecule has 1 aliphatic rings. The molecule has 0 saturated carbocycles. The highest BCUT2D eigenvalue weighted by molar-refractivity contribution is 5.67. The van der Waals surface area contributed by atoms with Crippen LogP contribution in [0.5, 0.6) is 0 Å². The topological polar surface area (TPSA) is 64.0 Å². The standard InChI is InChI=1S/C12H24N2O3/c1-3-14-6-4-10(5-7-14)13(2)9-11(15)8-12(16)17/h10-11,15H,3-9H2,1-2H3,(H,16,17). The van der Waals surface area contributed by atoms with Crippen LogP contribution in [0.1, 0.15) is 26.2 Å². The SMILES string of the molecule is CCN1CCC(N(C)CC(O)CC(=O)O)CC1. The predicted octanol–water partition coefficient (Wildman–Crippen LogP) is 0.238. The Kier molecular flexibility index (Phi) is 5.88. The minimum absolute atomic E-state index is 0.169. The number of aliphatic hydroxyl groups is 1. The van der Waals surface area contributed by atoms with E-state index in [1.807, 2.05) is 7.05 Å². The molecule has 1 unspecified atom stereocenters. The Bertz CT molecular complexity index is 240. The third kappa shape index (κ3) is 5.02. The Labute approximate surface area is 103 Å². The molecule has 1 atom stereocenters. The van der Waals surface area contributed by atoms with Crippen LogP contribution in [0.15, 0.2) is 0 Å². The normalized spacial score (nSPS) is 20.7. The summed E-state index contributed by atoms with van der Waals surface area (Å²) in [6.45, 7) is 5.91. The molecule has 5 heteroatoms. The highest BCUT2D eigenvalue weighted by Gasteiger charge is 2.23. The summed E-state index contributed by atoms with van der Waals surface area (Å²) >= 11 is 0. The fourth-order valence-corrected chi connectivity index (χ4v) is 2.42. The summed E-state index contributed by atoms with van der Waals surface area (Å²) in [6, 6.07) is 0.473. The van der Waals surface area contributed by atoms with E-state index in [1.54, 1.807) is 0 Å². The number of hydrogen-bond acceptors (Lipinski definition) is 4.